The number of nitrogens with zero attached hydrogens (tertiary/aromatic N) is 1. The van der Waals surface area contributed by atoms with Crippen molar-refractivity contribution in [3.8, 4) is 0 Å². The number of carbonyl (C=O) groups excluding carboxylic acids is 2. The number of sulfonamides is 1. The molecule has 3 rings (SSSR count). The van der Waals surface area contributed by atoms with Gasteiger partial charge in [0.05, 0.1) is 10.9 Å². The van der Waals surface area contributed by atoms with Crippen molar-refractivity contribution in [2.45, 2.75) is 30.7 Å². The molecule has 7 nitrogen and oxygen atoms in total. The highest BCUT2D eigenvalue weighted by molar-refractivity contribution is 9.10. The number of anilines is 1. The molecule has 160 valence electrons. The van der Waals surface area contributed by atoms with Crippen molar-refractivity contribution in [2.75, 3.05) is 19.4 Å². The highest BCUT2D eigenvalue weighted by atomic mass is 79.9. The molecule has 30 heavy (non-hydrogen) atoms. The van der Waals surface area contributed by atoms with Crippen molar-refractivity contribution in [3.05, 3.63) is 58.1 Å². The Morgan fingerprint density at radius 3 is 2.30 bits per heavy atom. The summed E-state index contributed by atoms with van der Waals surface area (Å²) in [5, 5.41) is 5.76. The van der Waals surface area contributed by atoms with Gasteiger partial charge in [-0.05, 0) is 71.6 Å². The van der Waals surface area contributed by atoms with Crippen LogP contribution in [0.2, 0.25) is 0 Å². The van der Waals surface area contributed by atoms with Crippen LogP contribution in [0.1, 0.15) is 41.7 Å². The van der Waals surface area contributed by atoms with Crippen LogP contribution < -0.4 is 10.6 Å². The van der Waals surface area contributed by atoms with Crippen LogP contribution in [0, 0.1) is 5.92 Å². The summed E-state index contributed by atoms with van der Waals surface area (Å²) >= 11 is 3.24. The van der Waals surface area contributed by atoms with Crippen LogP contribution in [0.15, 0.2) is 51.8 Å². The lowest BCUT2D eigenvalue weighted by Gasteiger charge is -2.17. The van der Waals surface area contributed by atoms with E-state index in [1.165, 1.54) is 20.2 Å². The second kappa shape index (κ2) is 8.87. The molecular formula is C21H24BrN3O4S. The highest BCUT2D eigenvalue weighted by Gasteiger charge is 2.29. The number of hydrogen-bond donors (Lipinski definition) is 2. The summed E-state index contributed by atoms with van der Waals surface area (Å²) in [6.45, 7) is 1.84. The van der Waals surface area contributed by atoms with E-state index in [9.17, 15) is 18.0 Å². The van der Waals surface area contributed by atoms with Crippen molar-refractivity contribution in [2.24, 2.45) is 5.92 Å². The largest absolute Gasteiger partial charge is 0.346 e. The van der Waals surface area contributed by atoms with E-state index in [4.69, 9.17) is 0 Å². The van der Waals surface area contributed by atoms with Gasteiger partial charge in [0.1, 0.15) is 0 Å². The Hall–Kier alpha value is -2.23. The summed E-state index contributed by atoms with van der Waals surface area (Å²) in [5.74, 6) is -0.200. The molecule has 1 saturated carbocycles. The summed E-state index contributed by atoms with van der Waals surface area (Å²) in [7, 11) is -0.813. The number of nitrogens with one attached hydrogen (secondary N) is 2. The lowest BCUT2D eigenvalue weighted by molar-refractivity contribution is -0.117. The molecule has 0 bridgehead atoms. The average molecular weight is 494 g/mol. The molecule has 0 spiro atoms. The van der Waals surface area contributed by atoms with E-state index in [2.05, 4.69) is 26.6 Å². The van der Waals surface area contributed by atoms with Gasteiger partial charge in [-0.15, -0.1) is 0 Å². The maximum atomic E-state index is 12.7. The van der Waals surface area contributed by atoms with Gasteiger partial charge in [-0.1, -0.05) is 12.1 Å². The van der Waals surface area contributed by atoms with Gasteiger partial charge in [0.15, 0.2) is 0 Å². The molecule has 1 aliphatic rings. The van der Waals surface area contributed by atoms with Gasteiger partial charge in [0.25, 0.3) is 5.91 Å². The molecule has 1 fully saturated rings. The van der Waals surface area contributed by atoms with Crippen LogP contribution in [0.5, 0.6) is 0 Å². The summed E-state index contributed by atoms with van der Waals surface area (Å²) < 4.78 is 26.4. The molecular weight excluding hydrogens is 470 g/mol. The van der Waals surface area contributed by atoms with Crippen LogP contribution >= 0.6 is 15.9 Å². The van der Waals surface area contributed by atoms with Crippen LogP contribution in [0.4, 0.5) is 5.69 Å². The lowest BCUT2D eigenvalue weighted by Crippen LogP contribution is -2.27. The standard InChI is InChI=1S/C21H24BrN3O4S/c1-13(14-6-9-17(10-7-14)24-20(26)15-4-5-15)23-21(27)16-8-11-18(22)19(12-16)30(28,29)25(2)3/h6-13,15H,4-5H2,1-3H3,(H,23,27)(H,24,26). The third-order valence-electron chi connectivity index (χ3n) is 4.93. The van der Waals surface area contributed by atoms with Crippen molar-refractivity contribution in [1.82, 2.24) is 9.62 Å². The number of hydrogen-bond acceptors (Lipinski definition) is 4. The molecule has 0 aromatic heterocycles. The Bertz CT molecular complexity index is 1060. The SMILES string of the molecule is CC(NC(=O)c1ccc(Br)c(S(=O)(=O)N(C)C)c1)c1ccc(NC(=O)C2CC2)cc1. The Morgan fingerprint density at radius 1 is 1.10 bits per heavy atom. The molecule has 0 saturated heterocycles. The number of benzene rings is 2. The van der Waals surface area contributed by atoms with Crippen LogP contribution in [0.25, 0.3) is 0 Å². The Labute approximate surface area is 185 Å². The summed E-state index contributed by atoms with van der Waals surface area (Å²) in [5.41, 5.74) is 1.84. The van der Waals surface area contributed by atoms with Gasteiger partial charge in [-0.3, -0.25) is 9.59 Å². The van der Waals surface area contributed by atoms with Crippen LogP contribution in [0.3, 0.4) is 0 Å². The average Bonchev–Trinajstić information content (AvgIpc) is 3.53. The van der Waals surface area contributed by atoms with E-state index < -0.39 is 10.0 Å². The quantitative estimate of drug-likeness (QED) is 0.616. The molecule has 2 N–H and O–H groups in total. The van der Waals surface area contributed by atoms with E-state index in [-0.39, 0.29) is 34.2 Å². The second-order valence-corrected chi connectivity index (χ2v) is 10.5. The van der Waals surface area contributed by atoms with Crippen molar-refractivity contribution in [3.63, 3.8) is 0 Å². The monoisotopic (exact) mass is 493 g/mol. The zero-order chi connectivity index (χ0) is 22.1. The molecule has 9 heteroatoms. The number of halogens is 1. The third-order valence-corrected chi connectivity index (χ3v) is 7.73. The van der Waals surface area contributed by atoms with E-state index in [0.29, 0.717) is 4.47 Å². The summed E-state index contributed by atoms with van der Waals surface area (Å²) in [6, 6.07) is 11.5. The Balaban J connectivity index is 1.70. The topological polar surface area (TPSA) is 95.6 Å². The smallest absolute Gasteiger partial charge is 0.251 e. The van der Waals surface area contributed by atoms with Crippen molar-refractivity contribution < 1.29 is 18.0 Å². The minimum Gasteiger partial charge on any atom is -0.346 e. The third kappa shape index (κ3) is 5.08. The van der Waals surface area contributed by atoms with Crippen molar-refractivity contribution >= 4 is 43.5 Å². The van der Waals surface area contributed by atoms with E-state index in [0.717, 1.165) is 28.4 Å². The minimum absolute atomic E-state index is 0.0311. The number of amides is 2. The maximum absolute atomic E-state index is 12.7. The second-order valence-electron chi connectivity index (χ2n) is 7.51. The molecule has 2 amide bonds. The highest BCUT2D eigenvalue weighted by Crippen LogP contribution is 2.30. The number of rotatable bonds is 7. The van der Waals surface area contributed by atoms with Gasteiger partial charge >= 0.3 is 0 Å². The zero-order valence-corrected chi connectivity index (χ0v) is 19.4. The van der Waals surface area contributed by atoms with Crippen LogP contribution in [-0.2, 0) is 14.8 Å². The summed E-state index contributed by atoms with van der Waals surface area (Å²) in [4.78, 5) is 24.6. The maximum Gasteiger partial charge on any atom is 0.251 e. The predicted octanol–water partition coefficient (Wildman–Crippen LogP) is 3.54. The fourth-order valence-corrected chi connectivity index (χ4v) is 4.69. The first-order valence-corrected chi connectivity index (χ1v) is 11.8. The van der Waals surface area contributed by atoms with Crippen LogP contribution in [-0.4, -0.2) is 38.6 Å². The normalized spacial score (nSPS) is 15.0. The first kappa shape index (κ1) is 22.5. The fraction of sp³-hybridized carbons (Fsp3) is 0.333. The van der Waals surface area contributed by atoms with E-state index in [1.807, 2.05) is 19.1 Å². The molecule has 2 aromatic rings. The summed E-state index contributed by atoms with van der Waals surface area (Å²) in [6.07, 6.45) is 1.89. The van der Waals surface area contributed by atoms with Gasteiger partial charge in [-0.25, -0.2) is 12.7 Å². The van der Waals surface area contributed by atoms with Gasteiger partial charge in [0, 0.05) is 35.7 Å². The van der Waals surface area contributed by atoms with E-state index in [1.54, 1.807) is 24.3 Å². The molecule has 1 aliphatic carbocycles. The molecule has 1 unspecified atom stereocenters. The molecule has 0 aliphatic heterocycles. The van der Waals surface area contributed by atoms with Gasteiger partial charge in [-0.2, -0.15) is 0 Å². The van der Waals surface area contributed by atoms with E-state index >= 15 is 0 Å². The molecule has 0 radical (unpaired) electrons. The fourth-order valence-electron chi connectivity index (χ4n) is 2.85. The molecule has 1 atom stereocenters. The molecule has 0 heterocycles. The first-order valence-electron chi connectivity index (χ1n) is 9.53. The first-order chi connectivity index (χ1) is 14.1. The zero-order valence-electron chi connectivity index (χ0n) is 17.0. The predicted molar refractivity (Wildman–Crippen MR) is 119 cm³/mol. The van der Waals surface area contributed by atoms with Gasteiger partial charge < -0.3 is 10.6 Å². The Kier molecular flexibility index (Phi) is 6.64. The number of carbonyl (C=O) groups is 2. The lowest BCUT2D eigenvalue weighted by atomic mass is 10.1. The van der Waals surface area contributed by atoms with Crippen molar-refractivity contribution in [1.29, 1.82) is 0 Å². The minimum atomic E-state index is -3.69. The Morgan fingerprint density at radius 2 is 1.73 bits per heavy atom. The molecule has 2 aromatic carbocycles. The van der Waals surface area contributed by atoms with Gasteiger partial charge in [0.2, 0.25) is 15.9 Å².